The van der Waals surface area contributed by atoms with Crippen LogP contribution in [0.5, 0.6) is 0 Å². The van der Waals surface area contributed by atoms with Crippen molar-refractivity contribution in [1.29, 1.82) is 0 Å². The van der Waals surface area contributed by atoms with Crippen LogP contribution in [0.15, 0.2) is 53.4 Å². The second kappa shape index (κ2) is 9.29. The molecule has 2 N–H and O–H groups in total. The summed E-state index contributed by atoms with van der Waals surface area (Å²) >= 11 is 0. The summed E-state index contributed by atoms with van der Waals surface area (Å²) in [5.41, 5.74) is 5.52. The van der Waals surface area contributed by atoms with E-state index in [9.17, 15) is 13.2 Å². The number of nitrogens with zero attached hydrogens (tertiary/aromatic N) is 3. The smallest absolute Gasteiger partial charge is 0.240 e. The molecule has 0 fully saturated rings. The van der Waals surface area contributed by atoms with Crippen molar-refractivity contribution in [3.63, 3.8) is 0 Å². The minimum Gasteiger partial charge on any atom is -0.355 e. The summed E-state index contributed by atoms with van der Waals surface area (Å²) in [7, 11) is -3.59. The lowest BCUT2D eigenvalue weighted by molar-refractivity contribution is -0.121. The molecule has 9 heteroatoms. The Morgan fingerprint density at radius 1 is 1.00 bits per heavy atom. The topological polar surface area (TPSA) is 105 Å². The van der Waals surface area contributed by atoms with E-state index in [4.69, 9.17) is 4.98 Å². The fourth-order valence-electron chi connectivity index (χ4n) is 3.85. The van der Waals surface area contributed by atoms with Crippen LogP contribution >= 0.6 is 0 Å². The summed E-state index contributed by atoms with van der Waals surface area (Å²) in [6.07, 6.45) is 0.804. The Bertz CT molecular complexity index is 1430. The standard InChI is InChI=1S/C24H27N5O3S/c1-16-8-10-19(11-9-16)33(31,32)26-15-14-25-23(30)13-12-20-17(2)27-24-21-6-4-5-7-22(21)28-29(24)18(20)3/h4-11,26H,12-15H2,1-3H3,(H,25,30). The van der Waals surface area contributed by atoms with Crippen LogP contribution in [-0.4, -0.2) is 42.0 Å². The van der Waals surface area contributed by atoms with Crippen LogP contribution in [0, 0.1) is 20.8 Å². The third-order valence-corrected chi connectivity index (χ3v) is 7.17. The fourth-order valence-corrected chi connectivity index (χ4v) is 4.89. The zero-order valence-corrected chi connectivity index (χ0v) is 19.7. The number of aromatic nitrogens is 3. The highest BCUT2D eigenvalue weighted by molar-refractivity contribution is 7.89. The van der Waals surface area contributed by atoms with Gasteiger partial charge in [-0.1, -0.05) is 29.8 Å². The number of fused-ring (bicyclic) bond motifs is 3. The largest absolute Gasteiger partial charge is 0.355 e. The third kappa shape index (κ3) is 4.89. The monoisotopic (exact) mass is 465 g/mol. The summed E-state index contributed by atoms with van der Waals surface area (Å²) < 4.78 is 29.0. The lowest BCUT2D eigenvalue weighted by Crippen LogP contribution is -2.34. The van der Waals surface area contributed by atoms with Crippen LogP contribution in [0.2, 0.25) is 0 Å². The van der Waals surface area contributed by atoms with Crippen molar-refractivity contribution in [2.24, 2.45) is 0 Å². The van der Waals surface area contributed by atoms with Crippen LogP contribution in [-0.2, 0) is 21.2 Å². The lowest BCUT2D eigenvalue weighted by atomic mass is 10.1. The first kappa shape index (κ1) is 22.9. The molecular formula is C24H27N5O3S. The highest BCUT2D eigenvalue weighted by Gasteiger charge is 2.16. The average molecular weight is 466 g/mol. The van der Waals surface area contributed by atoms with Gasteiger partial charge in [-0.15, -0.1) is 0 Å². The van der Waals surface area contributed by atoms with Crippen molar-refractivity contribution in [2.45, 2.75) is 38.5 Å². The minimum absolute atomic E-state index is 0.118. The van der Waals surface area contributed by atoms with Gasteiger partial charge in [0.1, 0.15) is 0 Å². The van der Waals surface area contributed by atoms with E-state index in [1.165, 1.54) is 0 Å². The summed E-state index contributed by atoms with van der Waals surface area (Å²) in [4.78, 5) is 17.3. The van der Waals surface area contributed by atoms with Gasteiger partial charge in [0.25, 0.3) is 0 Å². The van der Waals surface area contributed by atoms with Gasteiger partial charge >= 0.3 is 0 Å². The quantitative estimate of drug-likeness (QED) is 0.389. The molecule has 0 aliphatic rings. The molecule has 2 aromatic heterocycles. The van der Waals surface area contributed by atoms with Crippen molar-refractivity contribution in [1.82, 2.24) is 24.6 Å². The maximum absolute atomic E-state index is 12.3. The summed E-state index contributed by atoms with van der Waals surface area (Å²) in [6.45, 7) is 6.16. The van der Waals surface area contributed by atoms with Crippen LogP contribution in [0.1, 0.15) is 28.9 Å². The molecule has 0 spiro atoms. The van der Waals surface area contributed by atoms with Crippen LogP contribution in [0.3, 0.4) is 0 Å². The number of benzene rings is 2. The SMILES string of the molecule is Cc1ccc(S(=O)(=O)NCCNC(=O)CCc2c(C)nc3c4ccccc4nn3c2C)cc1. The molecule has 4 rings (SSSR count). The van der Waals surface area contributed by atoms with Gasteiger partial charge in [0.15, 0.2) is 5.65 Å². The molecule has 172 valence electrons. The Labute approximate surface area is 193 Å². The molecule has 0 aliphatic heterocycles. The van der Waals surface area contributed by atoms with E-state index in [2.05, 4.69) is 15.1 Å². The maximum atomic E-state index is 12.3. The molecule has 2 aromatic carbocycles. The third-order valence-electron chi connectivity index (χ3n) is 5.69. The molecular weight excluding hydrogens is 438 g/mol. The highest BCUT2D eigenvalue weighted by Crippen LogP contribution is 2.22. The van der Waals surface area contributed by atoms with Crippen LogP contribution in [0.4, 0.5) is 0 Å². The number of amides is 1. The second-order valence-corrected chi connectivity index (χ2v) is 9.84. The van der Waals surface area contributed by atoms with Crippen molar-refractivity contribution < 1.29 is 13.2 Å². The van der Waals surface area contributed by atoms with E-state index in [-0.39, 0.29) is 30.3 Å². The van der Waals surface area contributed by atoms with Gasteiger partial charge in [0.05, 0.1) is 10.4 Å². The summed E-state index contributed by atoms with van der Waals surface area (Å²) in [5.74, 6) is -0.144. The van der Waals surface area contributed by atoms with Gasteiger partial charge in [-0.3, -0.25) is 4.79 Å². The van der Waals surface area contributed by atoms with Gasteiger partial charge in [0.2, 0.25) is 15.9 Å². The minimum atomic E-state index is -3.59. The molecule has 0 bridgehead atoms. The number of carbonyl (C=O) groups excluding carboxylic acids is 1. The lowest BCUT2D eigenvalue weighted by Gasteiger charge is -2.12. The summed E-state index contributed by atoms with van der Waals surface area (Å²) in [5, 5.41) is 8.42. The van der Waals surface area contributed by atoms with Crippen molar-refractivity contribution in [3.8, 4) is 0 Å². The first-order chi connectivity index (χ1) is 15.8. The Kier molecular flexibility index (Phi) is 6.44. The predicted molar refractivity (Wildman–Crippen MR) is 128 cm³/mol. The Hall–Kier alpha value is -3.30. The van der Waals surface area contributed by atoms with E-state index < -0.39 is 10.0 Å². The molecule has 0 aliphatic carbocycles. The molecule has 0 unspecified atom stereocenters. The average Bonchev–Trinajstić information content (AvgIpc) is 3.16. The van der Waals surface area contributed by atoms with E-state index in [1.807, 2.05) is 49.6 Å². The van der Waals surface area contributed by atoms with Crippen molar-refractivity contribution in [3.05, 3.63) is 71.0 Å². The number of carbonyl (C=O) groups is 1. The normalized spacial score (nSPS) is 11.8. The molecule has 33 heavy (non-hydrogen) atoms. The highest BCUT2D eigenvalue weighted by atomic mass is 32.2. The molecule has 1 amide bonds. The van der Waals surface area contributed by atoms with E-state index in [1.54, 1.807) is 24.3 Å². The first-order valence-corrected chi connectivity index (χ1v) is 12.3. The molecule has 2 heterocycles. The number of nitrogens with one attached hydrogen (secondary N) is 2. The number of hydrogen-bond donors (Lipinski definition) is 2. The number of aryl methyl sites for hydroxylation is 3. The van der Waals surface area contributed by atoms with Gasteiger partial charge < -0.3 is 5.32 Å². The van der Waals surface area contributed by atoms with Gasteiger partial charge in [-0.25, -0.2) is 22.6 Å². The van der Waals surface area contributed by atoms with Crippen LogP contribution in [0.25, 0.3) is 16.6 Å². The fraction of sp³-hybridized carbons (Fsp3) is 0.292. The Balaban J connectivity index is 1.33. The second-order valence-electron chi connectivity index (χ2n) is 8.07. The maximum Gasteiger partial charge on any atom is 0.240 e. The number of rotatable bonds is 8. The number of hydrogen-bond acceptors (Lipinski definition) is 5. The zero-order chi connectivity index (χ0) is 23.6. The van der Waals surface area contributed by atoms with Gasteiger partial charge in [-0.05, 0) is 57.0 Å². The van der Waals surface area contributed by atoms with E-state index in [0.29, 0.717) is 6.42 Å². The molecule has 0 radical (unpaired) electrons. The number of sulfonamides is 1. The molecule has 8 nitrogen and oxygen atoms in total. The summed E-state index contributed by atoms with van der Waals surface area (Å²) in [6, 6.07) is 14.5. The predicted octanol–water partition coefficient (Wildman–Crippen LogP) is 2.84. The Morgan fingerprint density at radius 2 is 1.73 bits per heavy atom. The molecule has 0 saturated heterocycles. The van der Waals surface area contributed by atoms with E-state index >= 15 is 0 Å². The van der Waals surface area contributed by atoms with Gasteiger partial charge in [0, 0.05) is 36.3 Å². The van der Waals surface area contributed by atoms with Crippen molar-refractivity contribution >= 4 is 32.5 Å². The zero-order valence-electron chi connectivity index (χ0n) is 18.9. The van der Waals surface area contributed by atoms with Crippen LogP contribution < -0.4 is 10.0 Å². The molecule has 0 atom stereocenters. The van der Waals surface area contributed by atoms with Gasteiger partial charge in [-0.2, -0.15) is 5.10 Å². The van der Waals surface area contributed by atoms with E-state index in [0.717, 1.165) is 39.1 Å². The first-order valence-electron chi connectivity index (χ1n) is 10.8. The Morgan fingerprint density at radius 3 is 2.48 bits per heavy atom. The molecule has 4 aromatic rings. The molecule has 0 saturated carbocycles. The van der Waals surface area contributed by atoms with Crippen molar-refractivity contribution in [2.75, 3.05) is 13.1 Å².